The van der Waals surface area contributed by atoms with Crippen molar-refractivity contribution >= 4 is 35.2 Å². The lowest BCUT2D eigenvalue weighted by Crippen LogP contribution is -2.29. The molecule has 1 aliphatic rings. The maximum absolute atomic E-state index is 11.7. The maximum atomic E-state index is 11.7. The second-order valence-electron chi connectivity index (χ2n) is 5.20. The number of rotatable bonds is 5. The fraction of sp³-hybridized carbons (Fsp3) is 0.312. The second-order valence-corrected chi connectivity index (χ2v) is 6.58. The van der Waals surface area contributed by atoms with Gasteiger partial charge in [0.2, 0.25) is 0 Å². The molecule has 6 nitrogen and oxygen atoms in total. The van der Waals surface area contributed by atoms with Crippen LogP contribution in [0.15, 0.2) is 28.1 Å². The van der Waals surface area contributed by atoms with Gasteiger partial charge in [0.15, 0.2) is 5.49 Å². The molecule has 1 aromatic carbocycles. The van der Waals surface area contributed by atoms with Crippen LogP contribution < -0.4 is 15.6 Å². The summed E-state index contributed by atoms with van der Waals surface area (Å²) in [6.07, 6.45) is 4.56. The summed E-state index contributed by atoms with van der Waals surface area (Å²) in [6.45, 7) is 2.58. The number of imidazole rings is 1. The largest absolute Gasteiger partial charge is 0.493 e. The van der Waals surface area contributed by atoms with E-state index in [1.165, 1.54) is 0 Å². The van der Waals surface area contributed by atoms with Gasteiger partial charge in [-0.25, -0.2) is 4.98 Å². The summed E-state index contributed by atoms with van der Waals surface area (Å²) < 4.78 is 17.5. The third-order valence-corrected chi connectivity index (χ3v) is 4.34. The van der Waals surface area contributed by atoms with E-state index in [0.717, 1.165) is 17.3 Å². The van der Waals surface area contributed by atoms with Gasteiger partial charge >= 0.3 is 0 Å². The van der Waals surface area contributed by atoms with Crippen molar-refractivity contribution in [2.24, 2.45) is 4.99 Å². The number of carbonyl (C=O) groups excluding carboxylic acids is 1. The van der Waals surface area contributed by atoms with E-state index < -0.39 is 10.8 Å². The number of halogens is 1. The molecule has 0 aliphatic carbocycles. The number of H-pyrrole nitrogens is 1. The molecule has 0 bridgehead atoms. The summed E-state index contributed by atoms with van der Waals surface area (Å²) in [6, 6.07) is 5.39. The molecule has 24 heavy (non-hydrogen) atoms. The lowest BCUT2D eigenvalue weighted by molar-refractivity contribution is -0.117. The number of carbonyl (C=O) groups is 1. The van der Waals surface area contributed by atoms with Gasteiger partial charge in [-0.1, -0.05) is 6.92 Å². The summed E-state index contributed by atoms with van der Waals surface area (Å²) in [5.41, 5.74) is 1.17. The van der Waals surface area contributed by atoms with Gasteiger partial charge in [0, 0.05) is 28.4 Å². The van der Waals surface area contributed by atoms with Crippen LogP contribution >= 0.6 is 12.4 Å². The van der Waals surface area contributed by atoms with E-state index in [9.17, 15) is 9.00 Å². The molecule has 2 heterocycles. The number of nitrogens with zero attached hydrogens (tertiary/aromatic N) is 2. The van der Waals surface area contributed by atoms with Gasteiger partial charge in [-0.2, -0.15) is 4.99 Å². The van der Waals surface area contributed by atoms with Crippen LogP contribution in [0.4, 0.5) is 0 Å². The van der Waals surface area contributed by atoms with Gasteiger partial charge in [0.05, 0.1) is 17.5 Å². The van der Waals surface area contributed by atoms with Crippen LogP contribution in [0.1, 0.15) is 19.8 Å². The van der Waals surface area contributed by atoms with Crippen LogP contribution in [0.3, 0.4) is 0 Å². The third kappa shape index (κ3) is 3.73. The zero-order valence-corrected chi connectivity index (χ0v) is 15.0. The van der Waals surface area contributed by atoms with Crippen LogP contribution in [0.2, 0.25) is 0 Å². The average molecular weight is 368 g/mol. The van der Waals surface area contributed by atoms with Crippen molar-refractivity contribution in [1.29, 1.82) is 0 Å². The third-order valence-electron chi connectivity index (χ3n) is 3.42. The van der Waals surface area contributed by atoms with Crippen LogP contribution in [0.25, 0.3) is 17.5 Å². The molecule has 1 atom stereocenters. The van der Waals surface area contributed by atoms with Gasteiger partial charge < -0.3 is 9.72 Å². The molecule has 0 spiro atoms. The Morgan fingerprint density at radius 2 is 2.17 bits per heavy atom. The first-order chi connectivity index (χ1) is 11.1. The van der Waals surface area contributed by atoms with Gasteiger partial charge in [-0.3, -0.25) is 9.00 Å². The predicted octanol–water partition coefficient (Wildman–Crippen LogP) is 1.36. The van der Waals surface area contributed by atoms with E-state index in [2.05, 4.69) is 15.0 Å². The topological polar surface area (TPSA) is 84.4 Å². The Hall–Kier alpha value is -1.99. The molecule has 0 radical (unpaired) electrons. The summed E-state index contributed by atoms with van der Waals surface area (Å²) in [5, 5.41) is 0.740. The first-order valence-corrected chi connectivity index (χ1v) is 8.92. The van der Waals surface area contributed by atoms with E-state index in [1.807, 2.05) is 13.0 Å². The maximum Gasteiger partial charge on any atom is 0.251 e. The molecule has 1 aromatic heterocycles. The molecule has 1 N–H and O–H groups in total. The minimum atomic E-state index is -1.09. The number of hydrogen-bond donors (Lipinski definition) is 1. The summed E-state index contributed by atoms with van der Waals surface area (Å²) in [7, 11) is -1.09. The average Bonchev–Trinajstić information content (AvgIpc) is 2.95. The minimum Gasteiger partial charge on any atom is -0.493 e. The smallest absolute Gasteiger partial charge is 0.251 e. The number of benzene rings is 1. The van der Waals surface area contributed by atoms with Crippen molar-refractivity contribution in [3.63, 3.8) is 0 Å². The molecule has 0 saturated carbocycles. The summed E-state index contributed by atoms with van der Waals surface area (Å²) in [5.74, 6) is 1.01. The first kappa shape index (κ1) is 18.4. The zero-order valence-electron chi connectivity index (χ0n) is 13.4. The number of aromatic amines is 1. The van der Waals surface area contributed by atoms with E-state index >= 15 is 0 Å². The molecule has 8 heteroatoms. The fourth-order valence-electron chi connectivity index (χ4n) is 2.29. The number of amides is 1. The highest BCUT2D eigenvalue weighted by atomic mass is 35.5. The van der Waals surface area contributed by atoms with E-state index in [1.54, 1.807) is 24.5 Å². The molecule has 3 rings (SSSR count). The lowest BCUT2D eigenvalue weighted by atomic mass is 10.2. The predicted molar refractivity (Wildman–Crippen MR) is 94.3 cm³/mol. The minimum absolute atomic E-state index is 0. The van der Waals surface area contributed by atoms with Crippen LogP contribution in [0.5, 0.6) is 5.75 Å². The Morgan fingerprint density at radius 1 is 1.38 bits per heavy atom. The van der Waals surface area contributed by atoms with Crippen molar-refractivity contribution in [1.82, 2.24) is 9.97 Å². The Kier molecular flexibility index (Phi) is 5.90. The quantitative estimate of drug-likeness (QED) is 0.864. The highest BCUT2D eigenvalue weighted by molar-refractivity contribution is 7.84. The van der Waals surface area contributed by atoms with Crippen LogP contribution in [-0.2, 0) is 15.6 Å². The highest BCUT2D eigenvalue weighted by Crippen LogP contribution is 2.29. The Bertz CT molecular complexity index is 908. The molecular weight excluding hydrogens is 350 g/mol. The lowest BCUT2D eigenvalue weighted by Gasteiger charge is -2.10. The van der Waals surface area contributed by atoms with Crippen molar-refractivity contribution < 1.29 is 13.7 Å². The molecule has 0 fully saturated rings. The normalized spacial score (nSPS) is 14.0. The number of hydrogen-bond acceptors (Lipinski definition) is 4. The van der Waals surface area contributed by atoms with E-state index in [4.69, 9.17) is 4.74 Å². The Balaban J connectivity index is 0.00000208. The van der Waals surface area contributed by atoms with Crippen molar-refractivity contribution in [3.05, 3.63) is 29.0 Å². The molecule has 128 valence electrons. The van der Waals surface area contributed by atoms with Crippen molar-refractivity contribution in [2.75, 3.05) is 12.9 Å². The first-order valence-electron chi connectivity index (χ1n) is 7.37. The molecule has 2 aromatic rings. The van der Waals surface area contributed by atoms with Crippen LogP contribution in [-0.4, -0.2) is 32.9 Å². The molecule has 1 unspecified atom stereocenters. The molecule has 1 amide bonds. The van der Waals surface area contributed by atoms with E-state index in [-0.39, 0.29) is 24.7 Å². The second kappa shape index (κ2) is 7.72. The number of nitrogens with one attached hydrogen (secondary N) is 1. The number of aromatic nitrogens is 2. The number of ether oxygens (including phenoxy) is 1. The molecular formula is C16H18ClN3O3S. The summed E-state index contributed by atoms with van der Waals surface area (Å²) in [4.78, 5) is 23.6. The molecule has 1 aliphatic heterocycles. The molecule has 0 saturated heterocycles. The van der Waals surface area contributed by atoms with Gasteiger partial charge in [0.1, 0.15) is 11.6 Å². The van der Waals surface area contributed by atoms with Gasteiger partial charge in [-0.05, 0) is 30.7 Å². The Labute approximate surface area is 147 Å². The van der Waals surface area contributed by atoms with Crippen molar-refractivity contribution in [3.8, 4) is 17.1 Å². The Morgan fingerprint density at radius 3 is 2.88 bits per heavy atom. The van der Waals surface area contributed by atoms with Crippen molar-refractivity contribution in [2.45, 2.75) is 24.7 Å². The van der Waals surface area contributed by atoms with Gasteiger partial charge in [-0.15, -0.1) is 12.4 Å². The summed E-state index contributed by atoms with van der Waals surface area (Å²) >= 11 is 0. The fourth-order valence-corrected chi connectivity index (χ4v) is 2.83. The van der Waals surface area contributed by atoms with E-state index in [0.29, 0.717) is 28.6 Å². The highest BCUT2D eigenvalue weighted by Gasteiger charge is 2.14. The SMILES string of the molecule is CCCOc1cc(S(C)=O)ccc1-c1nc2c([nH]1)=CCC(=O)N=2.Cl. The standard InChI is InChI=1S/C16H17N3O3S.ClH/c1-3-8-22-13-9-10(23(2)21)4-5-11(13)15-17-12-6-7-14(20)18-16(12)19-15;/h4-6,9H,3,7-8H2,1-2H3,(H,17,18,19,20);1H. The van der Waals surface area contributed by atoms with Gasteiger partial charge in [0.25, 0.3) is 5.91 Å². The monoisotopic (exact) mass is 367 g/mol. The number of fused-ring (bicyclic) bond motifs is 1. The van der Waals surface area contributed by atoms with Crippen LogP contribution in [0, 0.1) is 0 Å². The zero-order chi connectivity index (χ0) is 16.4.